The molecule has 0 amide bonds. The van der Waals surface area contributed by atoms with Gasteiger partial charge in [0, 0.05) is 13.1 Å². The minimum Gasteiger partial charge on any atom is -0.303 e. The zero-order valence-electron chi connectivity index (χ0n) is 9.18. The van der Waals surface area contributed by atoms with Gasteiger partial charge < -0.3 is 4.90 Å². The van der Waals surface area contributed by atoms with Gasteiger partial charge in [-0.1, -0.05) is 13.8 Å². The molecule has 13 heavy (non-hydrogen) atoms. The first-order valence-corrected chi connectivity index (χ1v) is 5.94. The first-order valence-electron chi connectivity index (χ1n) is 5.94. The van der Waals surface area contributed by atoms with Crippen molar-refractivity contribution in [3.8, 4) is 0 Å². The van der Waals surface area contributed by atoms with Crippen LogP contribution in [-0.2, 0) is 0 Å². The maximum Gasteiger partial charge on any atom is 0.00353 e. The van der Waals surface area contributed by atoms with Crippen LogP contribution in [0.25, 0.3) is 0 Å². The first kappa shape index (κ1) is 9.51. The summed E-state index contributed by atoms with van der Waals surface area (Å²) in [6.07, 6.45) is 7.23. The normalized spacial score (nSPS) is 36.5. The Morgan fingerprint density at radius 1 is 1.38 bits per heavy atom. The summed E-state index contributed by atoms with van der Waals surface area (Å²) in [4.78, 5) is 2.71. The number of likely N-dealkylation sites (tertiary alicyclic amines) is 1. The van der Waals surface area contributed by atoms with Crippen molar-refractivity contribution in [1.29, 1.82) is 0 Å². The Morgan fingerprint density at radius 2 is 2.15 bits per heavy atom. The van der Waals surface area contributed by atoms with Gasteiger partial charge in [0.1, 0.15) is 0 Å². The van der Waals surface area contributed by atoms with Gasteiger partial charge in [-0.3, -0.25) is 0 Å². The molecule has 76 valence electrons. The Hall–Kier alpha value is -0.0400. The van der Waals surface area contributed by atoms with E-state index < -0.39 is 0 Å². The second-order valence-electron chi connectivity index (χ2n) is 5.45. The smallest absolute Gasteiger partial charge is 0.00353 e. The Morgan fingerprint density at radius 3 is 2.77 bits per heavy atom. The van der Waals surface area contributed by atoms with E-state index in [1.54, 1.807) is 0 Å². The molecular weight excluding hydrogens is 158 g/mol. The lowest BCUT2D eigenvalue weighted by molar-refractivity contribution is 0.0956. The highest BCUT2D eigenvalue weighted by atomic mass is 15.1. The quantitative estimate of drug-likeness (QED) is 0.647. The van der Waals surface area contributed by atoms with Crippen molar-refractivity contribution >= 4 is 0 Å². The molecule has 0 aromatic carbocycles. The van der Waals surface area contributed by atoms with Crippen LogP contribution in [0.1, 0.15) is 46.0 Å². The van der Waals surface area contributed by atoms with Gasteiger partial charge in [0.15, 0.2) is 0 Å². The van der Waals surface area contributed by atoms with Crippen molar-refractivity contribution in [3.05, 3.63) is 0 Å². The number of hydrogen-bond donors (Lipinski definition) is 0. The summed E-state index contributed by atoms with van der Waals surface area (Å²) in [6.45, 7) is 8.94. The Kier molecular flexibility index (Phi) is 2.64. The lowest BCUT2D eigenvalue weighted by atomic mass is 9.79. The van der Waals surface area contributed by atoms with Crippen LogP contribution >= 0.6 is 0 Å². The van der Waals surface area contributed by atoms with Gasteiger partial charge in [-0.05, 0) is 50.0 Å². The molecule has 1 saturated carbocycles. The van der Waals surface area contributed by atoms with Gasteiger partial charge >= 0.3 is 0 Å². The number of piperidine rings is 1. The predicted octanol–water partition coefficient (Wildman–Crippen LogP) is 2.91. The lowest BCUT2D eigenvalue weighted by Gasteiger charge is -2.40. The molecule has 1 unspecified atom stereocenters. The molecule has 0 spiro atoms. The molecule has 1 heterocycles. The van der Waals surface area contributed by atoms with E-state index in [1.165, 1.54) is 51.7 Å². The van der Waals surface area contributed by atoms with Gasteiger partial charge in [0.2, 0.25) is 0 Å². The van der Waals surface area contributed by atoms with E-state index in [2.05, 4.69) is 18.7 Å². The second-order valence-corrected chi connectivity index (χ2v) is 5.45. The topological polar surface area (TPSA) is 3.24 Å². The van der Waals surface area contributed by atoms with E-state index in [1.807, 2.05) is 0 Å². The van der Waals surface area contributed by atoms with Crippen molar-refractivity contribution < 1.29 is 0 Å². The van der Waals surface area contributed by atoms with Crippen LogP contribution in [0.4, 0.5) is 0 Å². The molecule has 2 aliphatic rings. The van der Waals surface area contributed by atoms with E-state index in [0.717, 1.165) is 5.92 Å². The van der Waals surface area contributed by atoms with E-state index >= 15 is 0 Å². The molecule has 1 aliphatic heterocycles. The second kappa shape index (κ2) is 3.61. The molecule has 1 nitrogen and oxygen atoms in total. The van der Waals surface area contributed by atoms with Gasteiger partial charge in [-0.25, -0.2) is 0 Å². The first-order chi connectivity index (χ1) is 6.22. The van der Waals surface area contributed by atoms with Crippen molar-refractivity contribution in [3.63, 3.8) is 0 Å². The standard InChI is InChI=1S/C12H23N/c1-3-12(2)7-4-8-13(10-12)9-11-5-6-11/h11H,3-10H2,1-2H3. The highest BCUT2D eigenvalue weighted by molar-refractivity contribution is 4.85. The molecule has 0 radical (unpaired) electrons. The third kappa shape index (κ3) is 2.46. The van der Waals surface area contributed by atoms with Crippen LogP contribution in [0, 0.1) is 11.3 Å². The molecule has 0 bridgehead atoms. The zero-order valence-corrected chi connectivity index (χ0v) is 9.18. The van der Waals surface area contributed by atoms with E-state index in [0.29, 0.717) is 5.41 Å². The molecule has 2 rings (SSSR count). The molecule has 2 fully saturated rings. The Bertz CT molecular complexity index is 174. The molecule has 1 heteroatoms. The maximum absolute atomic E-state index is 2.71. The van der Waals surface area contributed by atoms with Crippen molar-refractivity contribution in [2.24, 2.45) is 11.3 Å². The average Bonchev–Trinajstić information content (AvgIpc) is 2.89. The van der Waals surface area contributed by atoms with Crippen LogP contribution in [0.3, 0.4) is 0 Å². The van der Waals surface area contributed by atoms with Gasteiger partial charge in [0.05, 0.1) is 0 Å². The summed E-state index contributed by atoms with van der Waals surface area (Å²) in [6, 6.07) is 0. The summed E-state index contributed by atoms with van der Waals surface area (Å²) in [5, 5.41) is 0. The minimum absolute atomic E-state index is 0.632. The summed E-state index contributed by atoms with van der Waals surface area (Å²) in [5.74, 6) is 1.07. The molecule has 1 saturated heterocycles. The fourth-order valence-corrected chi connectivity index (χ4v) is 2.54. The lowest BCUT2D eigenvalue weighted by Crippen LogP contribution is -2.42. The third-order valence-corrected chi connectivity index (χ3v) is 3.93. The molecule has 1 atom stereocenters. The van der Waals surface area contributed by atoms with E-state index in [4.69, 9.17) is 0 Å². The maximum atomic E-state index is 2.71. The molecular formula is C12H23N. The predicted molar refractivity (Wildman–Crippen MR) is 56.8 cm³/mol. The third-order valence-electron chi connectivity index (χ3n) is 3.93. The molecule has 0 N–H and O–H groups in total. The Labute approximate surface area is 82.5 Å². The van der Waals surface area contributed by atoms with Gasteiger partial charge in [0.25, 0.3) is 0 Å². The zero-order chi connectivity index (χ0) is 9.31. The van der Waals surface area contributed by atoms with E-state index in [-0.39, 0.29) is 0 Å². The van der Waals surface area contributed by atoms with Gasteiger partial charge in [-0.15, -0.1) is 0 Å². The van der Waals surface area contributed by atoms with Crippen molar-refractivity contribution in [1.82, 2.24) is 4.90 Å². The molecule has 1 aliphatic carbocycles. The number of nitrogens with zero attached hydrogens (tertiary/aromatic N) is 1. The van der Waals surface area contributed by atoms with Crippen LogP contribution in [0.5, 0.6) is 0 Å². The molecule has 0 aromatic rings. The van der Waals surface area contributed by atoms with Crippen LogP contribution in [-0.4, -0.2) is 24.5 Å². The van der Waals surface area contributed by atoms with Crippen LogP contribution in [0.15, 0.2) is 0 Å². The van der Waals surface area contributed by atoms with Crippen LogP contribution in [0.2, 0.25) is 0 Å². The van der Waals surface area contributed by atoms with E-state index in [9.17, 15) is 0 Å². The summed E-state index contributed by atoms with van der Waals surface area (Å²) in [7, 11) is 0. The van der Waals surface area contributed by atoms with Gasteiger partial charge in [-0.2, -0.15) is 0 Å². The monoisotopic (exact) mass is 181 g/mol. The van der Waals surface area contributed by atoms with Crippen LogP contribution < -0.4 is 0 Å². The van der Waals surface area contributed by atoms with Crippen molar-refractivity contribution in [2.75, 3.05) is 19.6 Å². The van der Waals surface area contributed by atoms with Crippen molar-refractivity contribution in [2.45, 2.75) is 46.0 Å². The average molecular weight is 181 g/mol. The fraction of sp³-hybridized carbons (Fsp3) is 1.00. The highest BCUT2D eigenvalue weighted by Gasteiger charge is 2.32. The SMILES string of the molecule is CCC1(C)CCCN(CC2CC2)C1. The number of rotatable bonds is 3. The summed E-state index contributed by atoms with van der Waals surface area (Å²) in [5.41, 5.74) is 0.632. The number of hydrogen-bond acceptors (Lipinski definition) is 1. The highest BCUT2D eigenvalue weighted by Crippen LogP contribution is 2.36. The Balaban J connectivity index is 1.83. The fourth-order valence-electron chi connectivity index (χ4n) is 2.54. The summed E-state index contributed by atoms with van der Waals surface area (Å²) >= 11 is 0. The minimum atomic E-state index is 0.632. The molecule has 0 aromatic heterocycles. The largest absolute Gasteiger partial charge is 0.303 e. The summed E-state index contributed by atoms with van der Waals surface area (Å²) < 4.78 is 0.